The summed E-state index contributed by atoms with van der Waals surface area (Å²) in [7, 11) is 0. The smallest absolute Gasteiger partial charge is 0.251 e. The lowest BCUT2D eigenvalue weighted by Crippen LogP contribution is -2.53. The first-order valence-corrected chi connectivity index (χ1v) is 11.5. The fourth-order valence-electron chi connectivity index (χ4n) is 6.78. The Morgan fingerprint density at radius 3 is 2.20 bits per heavy atom. The second-order valence-electron chi connectivity index (χ2n) is 10.1. The Balaban J connectivity index is 0.00000218. The Kier molecular flexibility index (Phi) is 6.40. The van der Waals surface area contributed by atoms with E-state index in [4.69, 9.17) is 0 Å². The maximum absolute atomic E-state index is 13.1. The molecule has 2 amide bonds. The van der Waals surface area contributed by atoms with Gasteiger partial charge >= 0.3 is 0 Å². The zero-order valence-corrected chi connectivity index (χ0v) is 18.4. The summed E-state index contributed by atoms with van der Waals surface area (Å²) in [6, 6.07) is 7.90. The minimum absolute atomic E-state index is 0. The van der Waals surface area contributed by atoms with Crippen molar-refractivity contribution in [3.63, 3.8) is 0 Å². The molecule has 3 N–H and O–H groups in total. The average molecular weight is 432 g/mol. The Hall–Kier alpha value is -1.59. The molecule has 30 heavy (non-hydrogen) atoms. The van der Waals surface area contributed by atoms with Gasteiger partial charge in [-0.2, -0.15) is 0 Å². The van der Waals surface area contributed by atoms with Gasteiger partial charge in [0.2, 0.25) is 5.91 Å². The Morgan fingerprint density at radius 2 is 1.63 bits per heavy atom. The SMILES string of the molecule is Cl.O=C(N[C@H]1CCCNC1)c1ccc(CNC(=O)C23CC4CC(CC(C4)C2)C3)cc1. The first-order valence-electron chi connectivity index (χ1n) is 11.5. The van der Waals surface area contributed by atoms with Crippen LogP contribution in [0.15, 0.2) is 24.3 Å². The molecule has 4 saturated carbocycles. The molecule has 5 fully saturated rings. The monoisotopic (exact) mass is 431 g/mol. The third kappa shape index (κ3) is 4.38. The summed E-state index contributed by atoms with van der Waals surface area (Å²) < 4.78 is 0. The minimum Gasteiger partial charge on any atom is -0.352 e. The van der Waals surface area contributed by atoms with Crippen molar-refractivity contribution in [1.82, 2.24) is 16.0 Å². The van der Waals surface area contributed by atoms with Gasteiger partial charge in [-0.15, -0.1) is 12.4 Å². The van der Waals surface area contributed by atoms with Crippen LogP contribution in [0.4, 0.5) is 0 Å². The van der Waals surface area contributed by atoms with E-state index in [1.807, 2.05) is 24.3 Å². The van der Waals surface area contributed by atoms with E-state index >= 15 is 0 Å². The van der Waals surface area contributed by atoms with Gasteiger partial charge < -0.3 is 16.0 Å². The molecule has 0 spiro atoms. The summed E-state index contributed by atoms with van der Waals surface area (Å²) in [6.07, 6.45) is 9.49. The summed E-state index contributed by atoms with van der Waals surface area (Å²) in [5, 5.41) is 9.65. The van der Waals surface area contributed by atoms with Crippen LogP contribution in [-0.2, 0) is 11.3 Å². The molecule has 6 heteroatoms. The number of nitrogens with one attached hydrogen (secondary N) is 3. The van der Waals surface area contributed by atoms with E-state index in [2.05, 4.69) is 16.0 Å². The summed E-state index contributed by atoms with van der Waals surface area (Å²) in [6.45, 7) is 2.44. The number of halogens is 1. The van der Waals surface area contributed by atoms with Gasteiger partial charge in [0.05, 0.1) is 0 Å². The van der Waals surface area contributed by atoms with Gasteiger partial charge in [-0.1, -0.05) is 12.1 Å². The molecule has 4 bridgehead atoms. The van der Waals surface area contributed by atoms with Crippen LogP contribution < -0.4 is 16.0 Å². The molecule has 1 aliphatic heterocycles. The number of hydrogen-bond acceptors (Lipinski definition) is 3. The van der Waals surface area contributed by atoms with Crippen LogP contribution in [0.25, 0.3) is 0 Å². The van der Waals surface area contributed by atoms with Gasteiger partial charge in [-0.25, -0.2) is 0 Å². The van der Waals surface area contributed by atoms with Crippen molar-refractivity contribution in [2.45, 2.75) is 64.0 Å². The van der Waals surface area contributed by atoms with Crippen LogP contribution in [0.1, 0.15) is 67.3 Å². The standard InChI is InChI=1S/C24H33N3O2.ClH/c28-22(27-21-2-1-7-25-15-21)20-5-3-16(4-6-20)14-26-23(29)24-11-17-8-18(12-24)10-19(9-17)13-24;/h3-6,17-19,21,25H,1-2,7-15H2,(H,26,29)(H,27,28);1H/t17?,18?,19?,21-,24?;/m0./s1. The lowest BCUT2D eigenvalue weighted by Gasteiger charge is -2.55. The van der Waals surface area contributed by atoms with Crippen LogP contribution in [0.3, 0.4) is 0 Å². The second-order valence-corrected chi connectivity index (χ2v) is 10.1. The maximum Gasteiger partial charge on any atom is 0.251 e. The van der Waals surface area contributed by atoms with Crippen LogP contribution in [0.5, 0.6) is 0 Å². The molecule has 1 saturated heterocycles. The van der Waals surface area contributed by atoms with Crippen LogP contribution in [0, 0.1) is 23.2 Å². The summed E-state index contributed by atoms with van der Waals surface area (Å²) in [5.74, 6) is 2.60. The van der Waals surface area contributed by atoms with E-state index in [1.54, 1.807) is 0 Å². The second kappa shape index (κ2) is 8.88. The molecule has 1 aromatic carbocycles. The number of piperidine rings is 1. The lowest BCUT2D eigenvalue weighted by molar-refractivity contribution is -0.146. The number of benzene rings is 1. The first-order chi connectivity index (χ1) is 14.1. The normalized spacial score (nSPS) is 34.1. The molecule has 0 aromatic heterocycles. The van der Waals surface area contributed by atoms with Gasteiger partial charge in [-0.05, 0) is 93.4 Å². The number of rotatable bonds is 5. The highest BCUT2D eigenvalue weighted by Gasteiger charge is 2.54. The molecular formula is C24H34ClN3O2. The molecule has 6 rings (SSSR count). The van der Waals surface area contributed by atoms with Gasteiger partial charge in [0, 0.05) is 30.1 Å². The van der Waals surface area contributed by atoms with E-state index in [0.29, 0.717) is 12.1 Å². The van der Waals surface area contributed by atoms with E-state index in [9.17, 15) is 9.59 Å². The highest BCUT2D eigenvalue weighted by atomic mass is 35.5. The summed E-state index contributed by atoms with van der Waals surface area (Å²) >= 11 is 0. The maximum atomic E-state index is 13.1. The van der Waals surface area contributed by atoms with Crippen molar-refractivity contribution in [1.29, 1.82) is 0 Å². The van der Waals surface area contributed by atoms with Crippen LogP contribution >= 0.6 is 12.4 Å². The number of hydrogen-bond donors (Lipinski definition) is 3. The number of amides is 2. The van der Waals surface area contributed by atoms with E-state index in [-0.39, 0.29) is 35.7 Å². The lowest BCUT2D eigenvalue weighted by atomic mass is 9.49. The number of carbonyl (C=O) groups is 2. The average Bonchev–Trinajstić information content (AvgIpc) is 2.72. The van der Waals surface area contributed by atoms with Crippen LogP contribution in [-0.4, -0.2) is 30.9 Å². The van der Waals surface area contributed by atoms with E-state index in [0.717, 1.165) is 68.5 Å². The molecular weight excluding hydrogens is 398 g/mol. The third-order valence-corrected chi connectivity index (χ3v) is 7.82. The molecule has 1 heterocycles. The zero-order valence-electron chi connectivity index (χ0n) is 17.6. The highest BCUT2D eigenvalue weighted by molar-refractivity contribution is 5.94. The van der Waals surface area contributed by atoms with Crippen molar-refractivity contribution >= 4 is 24.2 Å². The molecule has 1 atom stereocenters. The molecule has 164 valence electrons. The van der Waals surface area contributed by atoms with Gasteiger partial charge in [-0.3, -0.25) is 9.59 Å². The summed E-state index contributed by atoms with van der Waals surface area (Å²) in [4.78, 5) is 25.5. The van der Waals surface area contributed by atoms with E-state index in [1.165, 1.54) is 19.3 Å². The molecule has 5 nitrogen and oxygen atoms in total. The van der Waals surface area contributed by atoms with Gasteiger partial charge in [0.15, 0.2) is 0 Å². The molecule has 5 aliphatic rings. The fourth-order valence-corrected chi connectivity index (χ4v) is 6.78. The third-order valence-electron chi connectivity index (χ3n) is 7.82. The first kappa shape index (κ1) is 21.6. The zero-order chi connectivity index (χ0) is 19.8. The highest BCUT2D eigenvalue weighted by Crippen LogP contribution is 2.60. The Labute approximate surface area is 185 Å². The van der Waals surface area contributed by atoms with Crippen molar-refractivity contribution < 1.29 is 9.59 Å². The Morgan fingerprint density at radius 1 is 1.00 bits per heavy atom. The van der Waals surface area contributed by atoms with Crippen molar-refractivity contribution in [2.24, 2.45) is 23.2 Å². The Bertz CT molecular complexity index is 738. The van der Waals surface area contributed by atoms with Crippen molar-refractivity contribution in [2.75, 3.05) is 13.1 Å². The predicted molar refractivity (Wildman–Crippen MR) is 119 cm³/mol. The fraction of sp³-hybridized carbons (Fsp3) is 0.667. The molecule has 0 unspecified atom stereocenters. The quantitative estimate of drug-likeness (QED) is 0.669. The van der Waals surface area contributed by atoms with Crippen molar-refractivity contribution in [3.05, 3.63) is 35.4 Å². The molecule has 1 aromatic rings. The van der Waals surface area contributed by atoms with Gasteiger partial charge in [0.1, 0.15) is 0 Å². The molecule has 0 radical (unpaired) electrons. The summed E-state index contributed by atoms with van der Waals surface area (Å²) in [5.41, 5.74) is 1.65. The number of carbonyl (C=O) groups excluding carboxylic acids is 2. The van der Waals surface area contributed by atoms with Gasteiger partial charge in [0.25, 0.3) is 5.91 Å². The van der Waals surface area contributed by atoms with Crippen LogP contribution in [0.2, 0.25) is 0 Å². The largest absolute Gasteiger partial charge is 0.352 e. The van der Waals surface area contributed by atoms with E-state index < -0.39 is 0 Å². The predicted octanol–water partition coefficient (Wildman–Crippen LogP) is 3.42. The van der Waals surface area contributed by atoms with Crippen molar-refractivity contribution in [3.8, 4) is 0 Å². The topological polar surface area (TPSA) is 70.2 Å². The minimum atomic E-state index is -0.0946. The molecule has 4 aliphatic carbocycles.